The fraction of sp³-hybridized carbons (Fsp3) is 0.263. The summed E-state index contributed by atoms with van der Waals surface area (Å²) in [4.78, 5) is 24.1. The van der Waals surface area contributed by atoms with E-state index in [0.29, 0.717) is 22.0 Å². The molecule has 0 heterocycles. The van der Waals surface area contributed by atoms with Crippen LogP contribution in [0.15, 0.2) is 48.5 Å². The molecule has 2 aromatic carbocycles. The lowest BCUT2D eigenvalue weighted by atomic mass is 10.1. The lowest BCUT2D eigenvalue weighted by molar-refractivity contribution is -0.114. The molecule has 0 bridgehead atoms. The molecule has 0 spiro atoms. The number of para-hydroxylation sites is 1. The second-order valence-electron chi connectivity index (χ2n) is 6.66. The number of amides is 2. The molecule has 0 aliphatic rings. The standard InChI is InChI=1S/C19H22ClN3O2/c1-19(2,3)23-18(25)13-8-10-14(11-9-13)22-17(24)12-21-16-7-5-4-6-15(16)20/h4-11,21H,12H2,1-3H3,(H,22,24)(H,23,25). The minimum absolute atomic E-state index is 0.0932. The van der Waals surface area contributed by atoms with E-state index in [4.69, 9.17) is 11.6 Å². The second kappa shape index (κ2) is 8.03. The van der Waals surface area contributed by atoms with Crippen LogP contribution >= 0.6 is 11.6 Å². The summed E-state index contributed by atoms with van der Waals surface area (Å²) < 4.78 is 0. The Hall–Kier alpha value is -2.53. The molecule has 2 amide bonds. The zero-order chi connectivity index (χ0) is 18.4. The Morgan fingerprint density at radius 3 is 2.24 bits per heavy atom. The Bertz CT molecular complexity index is 752. The molecule has 0 unspecified atom stereocenters. The maximum Gasteiger partial charge on any atom is 0.251 e. The lowest BCUT2D eigenvalue weighted by Gasteiger charge is -2.20. The summed E-state index contributed by atoms with van der Waals surface area (Å²) in [7, 11) is 0. The van der Waals surface area contributed by atoms with Gasteiger partial charge in [-0.25, -0.2) is 0 Å². The Kier molecular flexibility index (Phi) is 6.04. The van der Waals surface area contributed by atoms with E-state index in [1.165, 1.54) is 0 Å². The number of benzene rings is 2. The SMILES string of the molecule is CC(C)(C)NC(=O)c1ccc(NC(=O)CNc2ccccc2Cl)cc1. The smallest absolute Gasteiger partial charge is 0.251 e. The molecular formula is C19H22ClN3O2. The molecule has 0 radical (unpaired) electrons. The first-order chi connectivity index (χ1) is 11.7. The van der Waals surface area contributed by atoms with Crippen LogP contribution in [0.2, 0.25) is 5.02 Å². The highest BCUT2D eigenvalue weighted by atomic mass is 35.5. The van der Waals surface area contributed by atoms with Gasteiger partial charge in [-0.1, -0.05) is 23.7 Å². The monoisotopic (exact) mass is 359 g/mol. The van der Waals surface area contributed by atoms with Crippen molar-refractivity contribution in [3.05, 3.63) is 59.1 Å². The molecule has 132 valence electrons. The van der Waals surface area contributed by atoms with Crippen LogP contribution in [-0.2, 0) is 4.79 Å². The van der Waals surface area contributed by atoms with Gasteiger partial charge in [0, 0.05) is 16.8 Å². The van der Waals surface area contributed by atoms with Crippen LogP contribution in [0.4, 0.5) is 11.4 Å². The fourth-order valence-electron chi connectivity index (χ4n) is 2.10. The van der Waals surface area contributed by atoms with Crippen LogP contribution in [0.25, 0.3) is 0 Å². The summed E-state index contributed by atoms with van der Waals surface area (Å²) in [6, 6.07) is 14.0. The highest BCUT2D eigenvalue weighted by Crippen LogP contribution is 2.20. The van der Waals surface area contributed by atoms with Crippen molar-refractivity contribution in [3.8, 4) is 0 Å². The third-order valence-corrected chi connectivity index (χ3v) is 3.56. The van der Waals surface area contributed by atoms with Crippen molar-refractivity contribution >= 4 is 34.8 Å². The van der Waals surface area contributed by atoms with Crippen molar-refractivity contribution in [3.63, 3.8) is 0 Å². The summed E-state index contributed by atoms with van der Waals surface area (Å²) in [6.07, 6.45) is 0. The second-order valence-corrected chi connectivity index (χ2v) is 7.07. The molecule has 3 N–H and O–H groups in total. The lowest BCUT2D eigenvalue weighted by Crippen LogP contribution is -2.40. The average Bonchev–Trinajstić information content (AvgIpc) is 2.53. The molecule has 25 heavy (non-hydrogen) atoms. The molecule has 0 aliphatic heterocycles. The summed E-state index contributed by atoms with van der Waals surface area (Å²) in [5.74, 6) is -0.349. The molecule has 2 rings (SSSR count). The van der Waals surface area contributed by atoms with E-state index in [1.54, 1.807) is 36.4 Å². The number of halogens is 1. The first-order valence-corrected chi connectivity index (χ1v) is 8.33. The normalized spacial score (nSPS) is 10.9. The summed E-state index contributed by atoms with van der Waals surface area (Å²) >= 11 is 6.03. The summed E-state index contributed by atoms with van der Waals surface area (Å²) in [5, 5.41) is 9.20. The van der Waals surface area contributed by atoms with E-state index in [1.807, 2.05) is 32.9 Å². The van der Waals surface area contributed by atoms with E-state index in [2.05, 4.69) is 16.0 Å². The van der Waals surface area contributed by atoms with Gasteiger partial charge in [0.25, 0.3) is 5.91 Å². The fourth-order valence-corrected chi connectivity index (χ4v) is 2.31. The van der Waals surface area contributed by atoms with Gasteiger partial charge in [-0.2, -0.15) is 0 Å². The van der Waals surface area contributed by atoms with Gasteiger partial charge in [0.15, 0.2) is 0 Å². The number of nitrogens with one attached hydrogen (secondary N) is 3. The molecule has 0 saturated carbocycles. The van der Waals surface area contributed by atoms with Crippen molar-refractivity contribution in [1.82, 2.24) is 5.32 Å². The molecule has 0 fully saturated rings. The molecule has 5 nitrogen and oxygen atoms in total. The van der Waals surface area contributed by atoms with E-state index in [-0.39, 0.29) is 23.9 Å². The van der Waals surface area contributed by atoms with E-state index in [0.717, 1.165) is 0 Å². The number of hydrogen-bond acceptors (Lipinski definition) is 3. The first-order valence-electron chi connectivity index (χ1n) is 7.95. The van der Waals surface area contributed by atoms with Gasteiger partial charge in [-0.3, -0.25) is 9.59 Å². The molecule has 0 saturated heterocycles. The average molecular weight is 360 g/mol. The number of rotatable bonds is 5. The van der Waals surface area contributed by atoms with Gasteiger partial charge >= 0.3 is 0 Å². The van der Waals surface area contributed by atoms with Crippen LogP contribution in [0.3, 0.4) is 0 Å². The zero-order valence-electron chi connectivity index (χ0n) is 14.5. The molecule has 0 atom stereocenters. The third-order valence-electron chi connectivity index (χ3n) is 3.23. The van der Waals surface area contributed by atoms with E-state index in [9.17, 15) is 9.59 Å². The quantitative estimate of drug-likeness (QED) is 0.757. The van der Waals surface area contributed by atoms with Crippen molar-refractivity contribution in [2.45, 2.75) is 26.3 Å². The minimum atomic E-state index is -0.297. The predicted octanol–water partition coefficient (Wildman–Crippen LogP) is 3.92. The van der Waals surface area contributed by atoms with Crippen LogP contribution in [0.5, 0.6) is 0 Å². The Morgan fingerprint density at radius 1 is 1.00 bits per heavy atom. The number of anilines is 2. The van der Waals surface area contributed by atoms with E-state index >= 15 is 0 Å². The molecular weight excluding hydrogens is 338 g/mol. The molecule has 2 aromatic rings. The highest BCUT2D eigenvalue weighted by molar-refractivity contribution is 6.33. The van der Waals surface area contributed by atoms with Crippen molar-refractivity contribution in [2.75, 3.05) is 17.2 Å². The summed E-state index contributed by atoms with van der Waals surface area (Å²) in [6.45, 7) is 5.86. The van der Waals surface area contributed by atoms with Crippen LogP contribution in [-0.4, -0.2) is 23.9 Å². The maximum atomic E-state index is 12.1. The summed E-state index contributed by atoms with van der Waals surface area (Å²) in [5.41, 5.74) is 1.57. The minimum Gasteiger partial charge on any atom is -0.375 e. The topological polar surface area (TPSA) is 70.2 Å². The Balaban J connectivity index is 1.89. The zero-order valence-corrected chi connectivity index (χ0v) is 15.3. The van der Waals surface area contributed by atoms with Crippen molar-refractivity contribution in [1.29, 1.82) is 0 Å². The van der Waals surface area contributed by atoms with Crippen LogP contribution < -0.4 is 16.0 Å². The maximum absolute atomic E-state index is 12.1. The Morgan fingerprint density at radius 2 is 1.64 bits per heavy atom. The Labute approximate surface area is 152 Å². The van der Waals surface area contributed by atoms with E-state index < -0.39 is 0 Å². The van der Waals surface area contributed by atoms with Gasteiger partial charge < -0.3 is 16.0 Å². The highest BCUT2D eigenvalue weighted by Gasteiger charge is 2.15. The van der Waals surface area contributed by atoms with Crippen LogP contribution in [0, 0.1) is 0 Å². The third kappa shape index (κ3) is 6.12. The van der Waals surface area contributed by atoms with Gasteiger partial charge in [0.05, 0.1) is 17.3 Å². The number of carbonyl (C=O) groups excluding carboxylic acids is 2. The van der Waals surface area contributed by atoms with Gasteiger partial charge in [-0.15, -0.1) is 0 Å². The first kappa shape index (κ1) is 18.8. The van der Waals surface area contributed by atoms with Crippen LogP contribution in [0.1, 0.15) is 31.1 Å². The molecule has 0 aliphatic carbocycles. The molecule has 0 aromatic heterocycles. The van der Waals surface area contributed by atoms with Gasteiger partial charge in [-0.05, 0) is 57.2 Å². The molecule has 6 heteroatoms. The number of carbonyl (C=O) groups is 2. The largest absolute Gasteiger partial charge is 0.375 e. The van der Waals surface area contributed by atoms with Crippen molar-refractivity contribution < 1.29 is 9.59 Å². The van der Waals surface area contributed by atoms with Crippen molar-refractivity contribution in [2.24, 2.45) is 0 Å². The van der Waals surface area contributed by atoms with Gasteiger partial charge in [0.2, 0.25) is 5.91 Å². The number of hydrogen-bond donors (Lipinski definition) is 3. The predicted molar refractivity (Wildman–Crippen MR) is 102 cm³/mol. The van der Waals surface area contributed by atoms with Gasteiger partial charge in [0.1, 0.15) is 0 Å².